The molecule has 7 heteroatoms. The smallest absolute Gasteiger partial charge is 0.153 e. The van der Waals surface area contributed by atoms with Crippen molar-refractivity contribution in [1.29, 1.82) is 0 Å². The molecule has 1 unspecified atom stereocenters. The zero-order valence-electron chi connectivity index (χ0n) is 9.69. The number of nitrogens with one attached hydrogen (secondary N) is 1. The van der Waals surface area contributed by atoms with E-state index in [-0.39, 0.29) is 24.6 Å². The van der Waals surface area contributed by atoms with Crippen LogP contribution < -0.4 is 11.1 Å². The summed E-state index contributed by atoms with van der Waals surface area (Å²) in [6.07, 6.45) is 3.21. The summed E-state index contributed by atoms with van der Waals surface area (Å²) in [4.78, 5) is 12.4. The Kier molecular flexibility index (Phi) is 2.73. The Labute approximate surface area is 104 Å². The Morgan fingerprint density at radius 1 is 1.44 bits per heavy atom. The van der Waals surface area contributed by atoms with Crippen LogP contribution in [0.1, 0.15) is 18.0 Å². The second-order valence-electron chi connectivity index (χ2n) is 4.66. The minimum Gasteiger partial charge on any atom is -0.395 e. The Balaban J connectivity index is 1.86. The number of nitrogens with two attached hydrogens (primary N) is 1. The van der Waals surface area contributed by atoms with Crippen LogP contribution in [0, 0.1) is 0 Å². The fourth-order valence-corrected chi connectivity index (χ4v) is 2.61. The number of fused-ring (bicyclic) bond motifs is 1. The lowest BCUT2D eigenvalue weighted by Gasteiger charge is -2.17. The number of aliphatic hydroxyl groups is 2. The van der Waals surface area contributed by atoms with E-state index in [0.717, 1.165) is 5.69 Å². The maximum Gasteiger partial charge on any atom is 0.153 e. The quantitative estimate of drug-likeness (QED) is 0.531. The van der Waals surface area contributed by atoms with Gasteiger partial charge in [-0.15, -0.1) is 0 Å². The van der Waals surface area contributed by atoms with Gasteiger partial charge in [-0.25, -0.2) is 9.97 Å². The standard InChI is InChI=1S/C11H15N5O2/c12-11-10-9(14-4-15-11)5(2-13-10)6-1-8(18)7(3-17)16-6/h2,4-8,16-18H,1,3H2,(H2,12,14,15)/t5?,6-,7-,8+/m0/s1. The molecule has 3 rings (SSSR count). The van der Waals surface area contributed by atoms with E-state index in [9.17, 15) is 5.11 Å². The molecule has 0 aromatic carbocycles. The summed E-state index contributed by atoms with van der Waals surface area (Å²) in [6, 6.07) is -0.275. The van der Waals surface area contributed by atoms with Gasteiger partial charge in [0.2, 0.25) is 0 Å². The average Bonchev–Trinajstić information content (AvgIpc) is 2.93. The summed E-state index contributed by atoms with van der Waals surface area (Å²) in [5.41, 5.74) is 7.14. The van der Waals surface area contributed by atoms with Crippen LogP contribution in [0.5, 0.6) is 0 Å². The number of aliphatic imine (C=N–C) groups is 1. The molecule has 0 radical (unpaired) electrons. The Morgan fingerprint density at radius 2 is 2.28 bits per heavy atom. The SMILES string of the molecule is Nc1ncnc2c1N=CC2[C@@H]1C[C@@H](O)[C@H](CO)N1. The molecule has 0 saturated carbocycles. The van der Waals surface area contributed by atoms with Crippen molar-refractivity contribution in [2.75, 3.05) is 12.3 Å². The van der Waals surface area contributed by atoms with Crippen LogP contribution in [0.25, 0.3) is 0 Å². The average molecular weight is 249 g/mol. The molecule has 0 aliphatic carbocycles. The molecule has 2 aliphatic heterocycles. The first-order valence-electron chi connectivity index (χ1n) is 5.90. The third kappa shape index (κ3) is 1.67. The van der Waals surface area contributed by atoms with Crippen molar-refractivity contribution in [3.63, 3.8) is 0 Å². The van der Waals surface area contributed by atoms with Gasteiger partial charge in [-0.2, -0.15) is 0 Å². The molecule has 0 amide bonds. The Bertz CT molecular complexity index is 492. The number of aliphatic hydroxyl groups excluding tert-OH is 2. The first-order valence-corrected chi connectivity index (χ1v) is 5.90. The van der Waals surface area contributed by atoms with Crippen molar-refractivity contribution < 1.29 is 10.2 Å². The van der Waals surface area contributed by atoms with E-state index in [4.69, 9.17) is 10.8 Å². The zero-order valence-corrected chi connectivity index (χ0v) is 9.69. The number of anilines is 1. The van der Waals surface area contributed by atoms with E-state index in [1.165, 1.54) is 6.33 Å². The molecule has 1 aromatic rings. The maximum absolute atomic E-state index is 9.80. The third-order valence-electron chi connectivity index (χ3n) is 3.58. The van der Waals surface area contributed by atoms with Crippen LogP contribution in [0.3, 0.4) is 0 Å². The monoisotopic (exact) mass is 249 g/mol. The van der Waals surface area contributed by atoms with Crippen LogP contribution in [-0.2, 0) is 0 Å². The summed E-state index contributed by atoms with van der Waals surface area (Å²) in [7, 11) is 0. The molecule has 0 bridgehead atoms. The highest BCUT2D eigenvalue weighted by molar-refractivity contribution is 5.84. The van der Waals surface area contributed by atoms with Crippen molar-refractivity contribution >= 4 is 17.7 Å². The van der Waals surface area contributed by atoms with Gasteiger partial charge in [-0.3, -0.25) is 4.99 Å². The molecule has 0 spiro atoms. The maximum atomic E-state index is 9.80. The van der Waals surface area contributed by atoms with E-state index in [2.05, 4.69) is 20.3 Å². The van der Waals surface area contributed by atoms with Crippen LogP contribution >= 0.6 is 0 Å². The highest BCUT2D eigenvalue weighted by Crippen LogP contribution is 2.37. The molecule has 1 saturated heterocycles. The van der Waals surface area contributed by atoms with Crippen molar-refractivity contribution in [1.82, 2.24) is 15.3 Å². The Hall–Kier alpha value is -1.57. The van der Waals surface area contributed by atoms with Crippen LogP contribution in [0.15, 0.2) is 11.3 Å². The summed E-state index contributed by atoms with van der Waals surface area (Å²) >= 11 is 0. The van der Waals surface area contributed by atoms with E-state index in [0.29, 0.717) is 17.9 Å². The van der Waals surface area contributed by atoms with E-state index < -0.39 is 6.10 Å². The molecule has 7 nitrogen and oxygen atoms in total. The van der Waals surface area contributed by atoms with Gasteiger partial charge in [0.25, 0.3) is 0 Å². The number of nitrogen functional groups attached to an aromatic ring is 1. The highest BCUT2D eigenvalue weighted by atomic mass is 16.3. The third-order valence-corrected chi connectivity index (χ3v) is 3.58. The van der Waals surface area contributed by atoms with Crippen molar-refractivity contribution in [3.8, 4) is 0 Å². The van der Waals surface area contributed by atoms with Gasteiger partial charge in [-0.1, -0.05) is 0 Å². The first kappa shape index (κ1) is 11.5. The van der Waals surface area contributed by atoms with Gasteiger partial charge in [0.1, 0.15) is 12.0 Å². The summed E-state index contributed by atoms with van der Waals surface area (Å²) in [5, 5.41) is 22.1. The molecular weight excluding hydrogens is 234 g/mol. The second kappa shape index (κ2) is 4.27. The molecule has 3 heterocycles. The van der Waals surface area contributed by atoms with Crippen molar-refractivity contribution in [3.05, 3.63) is 12.0 Å². The fourth-order valence-electron chi connectivity index (χ4n) is 2.61. The molecule has 1 fully saturated rings. The van der Waals surface area contributed by atoms with Gasteiger partial charge in [-0.05, 0) is 6.42 Å². The summed E-state index contributed by atoms with van der Waals surface area (Å²) < 4.78 is 0. The number of hydrogen-bond acceptors (Lipinski definition) is 7. The summed E-state index contributed by atoms with van der Waals surface area (Å²) in [5.74, 6) is 0.340. The van der Waals surface area contributed by atoms with Gasteiger partial charge < -0.3 is 21.3 Å². The molecular formula is C11H15N5O2. The van der Waals surface area contributed by atoms with E-state index in [1.54, 1.807) is 6.21 Å². The Morgan fingerprint density at radius 3 is 3.00 bits per heavy atom. The molecule has 4 atom stereocenters. The lowest BCUT2D eigenvalue weighted by molar-refractivity contribution is 0.121. The minimum absolute atomic E-state index is 0.0106. The minimum atomic E-state index is -0.545. The van der Waals surface area contributed by atoms with E-state index in [1.807, 2.05) is 0 Å². The molecule has 5 N–H and O–H groups in total. The van der Waals surface area contributed by atoms with Gasteiger partial charge >= 0.3 is 0 Å². The largest absolute Gasteiger partial charge is 0.395 e. The predicted molar refractivity (Wildman–Crippen MR) is 65.8 cm³/mol. The number of nitrogens with zero attached hydrogens (tertiary/aromatic N) is 3. The molecule has 2 aliphatic rings. The number of hydrogen-bond donors (Lipinski definition) is 4. The molecule has 1 aromatic heterocycles. The molecule has 96 valence electrons. The van der Waals surface area contributed by atoms with Crippen molar-refractivity contribution in [2.24, 2.45) is 4.99 Å². The van der Waals surface area contributed by atoms with Crippen molar-refractivity contribution in [2.45, 2.75) is 30.5 Å². The van der Waals surface area contributed by atoms with Crippen LogP contribution in [0.4, 0.5) is 11.5 Å². The van der Waals surface area contributed by atoms with Crippen LogP contribution in [-0.4, -0.2) is 51.2 Å². The van der Waals surface area contributed by atoms with Gasteiger partial charge in [0.05, 0.1) is 30.4 Å². The lowest BCUT2D eigenvalue weighted by Crippen LogP contribution is -2.38. The lowest BCUT2D eigenvalue weighted by atomic mass is 9.96. The van der Waals surface area contributed by atoms with Crippen LogP contribution in [0.2, 0.25) is 0 Å². The normalized spacial score (nSPS) is 33.9. The predicted octanol–water partition coefficient (Wildman–Crippen LogP) is -1.06. The van der Waals surface area contributed by atoms with Gasteiger partial charge in [0.15, 0.2) is 5.82 Å². The second-order valence-corrected chi connectivity index (χ2v) is 4.66. The highest BCUT2D eigenvalue weighted by Gasteiger charge is 2.39. The topological polar surface area (TPSA) is 117 Å². The summed E-state index contributed by atoms with van der Waals surface area (Å²) in [6.45, 7) is -0.0830. The zero-order chi connectivity index (χ0) is 12.7. The van der Waals surface area contributed by atoms with E-state index >= 15 is 0 Å². The number of aromatic nitrogens is 2. The molecule has 18 heavy (non-hydrogen) atoms. The van der Waals surface area contributed by atoms with Gasteiger partial charge in [0, 0.05) is 12.3 Å². The number of rotatable bonds is 2. The fraction of sp³-hybridized carbons (Fsp3) is 0.545. The first-order chi connectivity index (χ1) is 8.70.